The molecular weight excluding hydrogens is 266 g/mol. The summed E-state index contributed by atoms with van der Waals surface area (Å²) in [5, 5.41) is 4.22. The van der Waals surface area contributed by atoms with Gasteiger partial charge in [-0.15, -0.1) is 0 Å². The predicted octanol–water partition coefficient (Wildman–Crippen LogP) is 2.58. The zero-order valence-electron chi connectivity index (χ0n) is 13.1. The highest BCUT2D eigenvalue weighted by Gasteiger charge is 2.11. The average molecular weight is 293 g/mol. The van der Waals surface area contributed by atoms with Gasteiger partial charge in [0, 0.05) is 26.2 Å². The number of likely N-dealkylation sites (N-methyl/N-ethyl adjacent to an activating group) is 1. The molecule has 0 atom stereocenters. The Labute approximate surface area is 129 Å². The van der Waals surface area contributed by atoms with E-state index >= 15 is 0 Å². The first-order valence-corrected chi connectivity index (χ1v) is 7.61. The van der Waals surface area contributed by atoms with Gasteiger partial charge < -0.3 is 15.1 Å². The Hall–Kier alpha value is -1.13. The number of nitrogens with one attached hydrogen (secondary N) is 1. The van der Waals surface area contributed by atoms with Crippen LogP contribution in [0, 0.1) is 5.92 Å². The zero-order chi connectivity index (χ0) is 15.0. The summed E-state index contributed by atoms with van der Waals surface area (Å²) in [5.41, 5.74) is 1.26. The van der Waals surface area contributed by atoms with Gasteiger partial charge in [-0.3, -0.25) is 0 Å². The fourth-order valence-electron chi connectivity index (χ4n) is 1.92. The Kier molecular flexibility index (Phi) is 7.55. The second-order valence-corrected chi connectivity index (χ2v) is 6.17. The topological polar surface area (TPSA) is 18.5 Å². The van der Waals surface area contributed by atoms with E-state index in [0.29, 0.717) is 5.92 Å². The van der Waals surface area contributed by atoms with Crippen LogP contribution in [0.25, 0.3) is 0 Å². The Morgan fingerprint density at radius 2 is 1.80 bits per heavy atom. The van der Waals surface area contributed by atoms with Crippen LogP contribution in [-0.2, 0) is 6.54 Å². The van der Waals surface area contributed by atoms with Gasteiger partial charge in [-0.25, -0.2) is 0 Å². The molecule has 1 N–H and O–H groups in total. The van der Waals surface area contributed by atoms with Crippen LogP contribution >= 0.6 is 12.2 Å². The van der Waals surface area contributed by atoms with E-state index in [0.717, 1.165) is 31.3 Å². The molecule has 0 aromatic heterocycles. The summed E-state index contributed by atoms with van der Waals surface area (Å²) in [6.07, 6.45) is 0. The zero-order valence-corrected chi connectivity index (χ0v) is 13.9. The molecule has 0 spiro atoms. The van der Waals surface area contributed by atoms with Crippen LogP contribution in [0.3, 0.4) is 0 Å². The Morgan fingerprint density at radius 1 is 1.15 bits per heavy atom. The van der Waals surface area contributed by atoms with Gasteiger partial charge in [0.25, 0.3) is 0 Å². The van der Waals surface area contributed by atoms with Crippen molar-refractivity contribution in [2.45, 2.75) is 20.4 Å². The fourth-order valence-corrected chi connectivity index (χ4v) is 2.16. The van der Waals surface area contributed by atoms with Crippen molar-refractivity contribution in [3.8, 4) is 0 Å². The lowest BCUT2D eigenvalue weighted by Crippen LogP contribution is -2.44. The predicted molar refractivity (Wildman–Crippen MR) is 90.8 cm³/mol. The summed E-state index contributed by atoms with van der Waals surface area (Å²) in [6, 6.07) is 10.4. The lowest BCUT2D eigenvalue weighted by molar-refractivity contribution is 0.304. The molecule has 0 heterocycles. The molecule has 1 aromatic rings. The molecule has 0 amide bonds. The van der Waals surface area contributed by atoms with Crippen LogP contribution < -0.4 is 5.32 Å². The van der Waals surface area contributed by atoms with Gasteiger partial charge in [-0.1, -0.05) is 44.2 Å². The fraction of sp³-hybridized carbons (Fsp3) is 0.562. The third-order valence-electron chi connectivity index (χ3n) is 2.98. The van der Waals surface area contributed by atoms with Crippen LogP contribution in [0.5, 0.6) is 0 Å². The number of rotatable bonds is 7. The van der Waals surface area contributed by atoms with Crippen molar-refractivity contribution in [3.63, 3.8) is 0 Å². The standard InChI is InChI=1S/C16H27N3S/c1-14(2)13-19(11-10-18(3)4)16(20)17-12-15-8-6-5-7-9-15/h5-9,14H,10-13H2,1-4H3,(H,17,20). The van der Waals surface area contributed by atoms with Crippen molar-refractivity contribution >= 4 is 17.3 Å². The quantitative estimate of drug-likeness (QED) is 0.779. The molecule has 1 aromatic carbocycles. The molecule has 112 valence electrons. The van der Waals surface area contributed by atoms with Crippen LogP contribution in [0.1, 0.15) is 19.4 Å². The maximum atomic E-state index is 5.54. The minimum atomic E-state index is 0.605. The number of nitrogens with zero attached hydrogens (tertiary/aromatic N) is 2. The smallest absolute Gasteiger partial charge is 0.169 e. The van der Waals surface area contributed by atoms with E-state index in [4.69, 9.17) is 12.2 Å². The van der Waals surface area contributed by atoms with E-state index < -0.39 is 0 Å². The molecule has 20 heavy (non-hydrogen) atoms. The molecule has 0 aliphatic heterocycles. The summed E-state index contributed by atoms with van der Waals surface area (Å²) in [7, 11) is 4.18. The van der Waals surface area contributed by atoms with E-state index in [1.165, 1.54) is 5.56 Å². The Bertz CT molecular complexity index is 390. The maximum absolute atomic E-state index is 5.54. The summed E-state index contributed by atoms with van der Waals surface area (Å²) in [4.78, 5) is 4.45. The first-order chi connectivity index (χ1) is 9.49. The molecule has 0 radical (unpaired) electrons. The Morgan fingerprint density at radius 3 is 2.35 bits per heavy atom. The third-order valence-corrected chi connectivity index (χ3v) is 3.38. The summed E-state index contributed by atoms with van der Waals surface area (Å²) in [6.45, 7) is 8.21. The number of benzene rings is 1. The molecule has 0 saturated carbocycles. The molecule has 1 rings (SSSR count). The molecular formula is C16H27N3S. The minimum absolute atomic E-state index is 0.605. The molecule has 4 heteroatoms. The van der Waals surface area contributed by atoms with Gasteiger partial charge in [0.2, 0.25) is 0 Å². The van der Waals surface area contributed by atoms with Gasteiger partial charge in [0.1, 0.15) is 0 Å². The van der Waals surface area contributed by atoms with Gasteiger partial charge in [-0.2, -0.15) is 0 Å². The van der Waals surface area contributed by atoms with Crippen molar-refractivity contribution in [1.29, 1.82) is 0 Å². The van der Waals surface area contributed by atoms with E-state index in [1.807, 2.05) is 6.07 Å². The first-order valence-electron chi connectivity index (χ1n) is 7.20. The average Bonchev–Trinajstić information content (AvgIpc) is 2.41. The lowest BCUT2D eigenvalue weighted by atomic mass is 10.2. The van der Waals surface area contributed by atoms with Crippen molar-refractivity contribution in [1.82, 2.24) is 15.1 Å². The van der Waals surface area contributed by atoms with E-state index in [-0.39, 0.29) is 0 Å². The maximum Gasteiger partial charge on any atom is 0.169 e. The largest absolute Gasteiger partial charge is 0.358 e. The molecule has 3 nitrogen and oxygen atoms in total. The second kappa shape index (κ2) is 8.93. The van der Waals surface area contributed by atoms with Crippen molar-refractivity contribution in [3.05, 3.63) is 35.9 Å². The first kappa shape index (κ1) is 16.9. The van der Waals surface area contributed by atoms with Gasteiger partial charge in [-0.05, 0) is 37.8 Å². The van der Waals surface area contributed by atoms with Crippen LogP contribution in [0.15, 0.2) is 30.3 Å². The molecule has 0 aliphatic rings. The second-order valence-electron chi connectivity index (χ2n) is 5.79. The van der Waals surface area contributed by atoms with Gasteiger partial charge in [0.15, 0.2) is 5.11 Å². The highest BCUT2D eigenvalue weighted by Crippen LogP contribution is 2.02. The van der Waals surface area contributed by atoms with Crippen molar-refractivity contribution in [2.24, 2.45) is 5.92 Å². The Balaban J connectivity index is 2.49. The molecule has 0 bridgehead atoms. The lowest BCUT2D eigenvalue weighted by Gasteiger charge is -2.28. The SMILES string of the molecule is CC(C)CN(CCN(C)C)C(=S)NCc1ccccc1. The number of thiocarbonyl (C=S) groups is 1. The molecule has 0 aliphatic carbocycles. The van der Waals surface area contributed by atoms with Crippen LogP contribution in [-0.4, -0.2) is 48.6 Å². The minimum Gasteiger partial charge on any atom is -0.358 e. The molecule has 0 saturated heterocycles. The van der Waals surface area contributed by atoms with E-state index in [9.17, 15) is 0 Å². The number of hydrogen-bond acceptors (Lipinski definition) is 2. The summed E-state index contributed by atoms with van der Waals surface area (Å²) >= 11 is 5.54. The highest BCUT2D eigenvalue weighted by atomic mass is 32.1. The van der Waals surface area contributed by atoms with Crippen molar-refractivity contribution in [2.75, 3.05) is 33.7 Å². The normalized spacial score (nSPS) is 10.9. The number of hydrogen-bond donors (Lipinski definition) is 1. The van der Waals surface area contributed by atoms with E-state index in [2.05, 4.69) is 67.3 Å². The highest BCUT2D eigenvalue weighted by molar-refractivity contribution is 7.80. The van der Waals surface area contributed by atoms with Gasteiger partial charge >= 0.3 is 0 Å². The van der Waals surface area contributed by atoms with Gasteiger partial charge in [0.05, 0.1) is 0 Å². The van der Waals surface area contributed by atoms with Crippen LogP contribution in [0.4, 0.5) is 0 Å². The summed E-state index contributed by atoms with van der Waals surface area (Å²) in [5.74, 6) is 0.605. The molecule has 0 fully saturated rings. The summed E-state index contributed by atoms with van der Waals surface area (Å²) < 4.78 is 0. The van der Waals surface area contributed by atoms with Crippen LogP contribution in [0.2, 0.25) is 0 Å². The van der Waals surface area contributed by atoms with E-state index in [1.54, 1.807) is 0 Å². The monoisotopic (exact) mass is 293 g/mol. The molecule has 0 unspecified atom stereocenters. The third kappa shape index (κ3) is 6.87. The van der Waals surface area contributed by atoms with Crippen molar-refractivity contribution < 1.29 is 0 Å².